The van der Waals surface area contributed by atoms with Gasteiger partial charge in [-0.2, -0.15) is 0 Å². The molecule has 0 aliphatic carbocycles. The van der Waals surface area contributed by atoms with Gasteiger partial charge in [0.25, 0.3) is 0 Å². The van der Waals surface area contributed by atoms with Gasteiger partial charge in [-0.1, -0.05) is 0 Å². The van der Waals surface area contributed by atoms with E-state index in [9.17, 15) is 28.8 Å². The van der Waals surface area contributed by atoms with Gasteiger partial charge >= 0.3 is 590 Å². The Morgan fingerprint density at radius 3 is 0.516 bits per heavy atom. The molecule has 0 saturated heterocycles. The van der Waals surface area contributed by atoms with Crippen molar-refractivity contribution in [3.63, 3.8) is 0 Å². The molecule has 468 valence electrons. The van der Waals surface area contributed by atoms with Gasteiger partial charge in [0, 0.05) is 0 Å². The maximum atomic E-state index is 12.8. The summed E-state index contributed by atoms with van der Waals surface area (Å²) in [6, 6.07) is 55.0. The van der Waals surface area contributed by atoms with Crippen LogP contribution in [0.4, 0.5) is 34.1 Å². The predicted molar refractivity (Wildman–Crippen MR) is 404 cm³/mol. The van der Waals surface area contributed by atoms with Crippen LogP contribution in [0.25, 0.3) is 0 Å². The van der Waals surface area contributed by atoms with E-state index in [0.717, 1.165) is 29.4 Å². The molecule has 6 amide bonds. The second kappa shape index (κ2) is 40.3. The number of hydrogen-bond donors (Lipinski definition) is 6. The number of hydrogen-bond acceptors (Lipinski definition) is 12. The molecular formula is C72H63Bi3N6O6S6. The van der Waals surface area contributed by atoms with E-state index in [0.29, 0.717) is 34.1 Å². The summed E-state index contributed by atoms with van der Waals surface area (Å²) in [6.07, 6.45) is 27.4. The van der Waals surface area contributed by atoms with Crippen molar-refractivity contribution in [3.8, 4) is 0 Å². The predicted octanol–water partition coefficient (Wildman–Crippen LogP) is 15.6. The molecule has 0 heterocycles. The van der Waals surface area contributed by atoms with Crippen molar-refractivity contribution >= 4 is 187 Å². The molecule has 0 fully saturated rings. The Bertz CT molecular complexity index is 3350. The first-order valence-electron chi connectivity index (χ1n) is 28.1. The fraction of sp³-hybridized carbons (Fsp3) is 0. The standard InChI is InChI=1S/6C11H11NOS.C6H3.3Bi/c6*1-2-3-4-11(13)12-9-5-7-10(14)8-6-9;1-2-4-6-5-3-1;;;/h6*2-8,14H,1H2,(H,12,13);1,4-5H;;;/q;;;;;;;3*+2/p-6. The average molecular weight is 1930 g/mol. The number of amides is 6. The number of allylic oxidation sites excluding steroid dienone is 12. The Kier molecular flexibility index (Phi) is 31.8. The van der Waals surface area contributed by atoms with Crippen LogP contribution in [0.3, 0.4) is 0 Å². The van der Waals surface area contributed by atoms with Gasteiger partial charge in [0.2, 0.25) is 0 Å². The first-order chi connectivity index (χ1) is 45.2. The normalized spacial score (nSPS) is 11.4. The Labute approximate surface area is 582 Å². The fourth-order valence-corrected chi connectivity index (χ4v) is 74.4. The molecule has 7 aromatic carbocycles. The summed E-state index contributed by atoms with van der Waals surface area (Å²) in [5, 5.41) is 17.7. The van der Waals surface area contributed by atoms with Gasteiger partial charge in [0.15, 0.2) is 0 Å². The van der Waals surface area contributed by atoms with Crippen LogP contribution in [0.1, 0.15) is 0 Å². The van der Waals surface area contributed by atoms with E-state index in [1.807, 2.05) is 124 Å². The van der Waals surface area contributed by atoms with Gasteiger partial charge in [-0.25, -0.2) is 0 Å². The van der Waals surface area contributed by atoms with E-state index in [4.69, 9.17) is 0 Å². The average Bonchev–Trinajstić information content (AvgIpc) is 0.845. The molecule has 0 spiro atoms. The van der Waals surface area contributed by atoms with Crippen LogP contribution in [0.2, 0.25) is 0 Å². The van der Waals surface area contributed by atoms with Crippen LogP contribution < -0.4 is 41.7 Å². The quantitative estimate of drug-likeness (QED) is 0.0131. The third-order valence-corrected chi connectivity index (χ3v) is 72.7. The fourth-order valence-electron chi connectivity index (χ4n) is 7.47. The topological polar surface area (TPSA) is 175 Å². The molecule has 93 heavy (non-hydrogen) atoms. The Morgan fingerprint density at radius 2 is 0.387 bits per heavy atom. The van der Waals surface area contributed by atoms with Gasteiger partial charge < -0.3 is 0 Å². The number of anilines is 6. The van der Waals surface area contributed by atoms with Gasteiger partial charge in [0.05, 0.1) is 0 Å². The van der Waals surface area contributed by atoms with Crippen molar-refractivity contribution in [2.24, 2.45) is 0 Å². The minimum atomic E-state index is -3.28. The molecule has 0 saturated carbocycles. The second-order valence-corrected chi connectivity index (χ2v) is 72.7. The van der Waals surface area contributed by atoms with E-state index >= 15 is 0 Å². The van der Waals surface area contributed by atoms with Crippen molar-refractivity contribution in [2.75, 3.05) is 31.9 Å². The summed E-state index contributed by atoms with van der Waals surface area (Å²) in [6.45, 7) is 22.1. The van der Waals surface area contributed by atoms with Gasteiger partial charge in [-0.15, -0.1) is 0 Å². The first-order valence-corrected chi connectivity index (χ1v) is 63.5. The number of benzene rings is 7. The molecule has 7 aromatic rings. The molecule has 0 unspecified atom stereocenters. The summed E-state index contributed by atoms with van der Waals surface area (Å²) in [4.78, 5) is 82.9. The summed E-state index contributed by atoms with van der Waals surface area (Å²) < 4.78 is 3.80. The van der Waals surface area contributed by atoms with Gasteiger partial charge in [-0.05, 0) is 0 Å². The van der Waals surface area contributed by atoms with E-state index in [1.165, 1.54) is 46.3 Å². The number of nitrogens with one attached hydrogen (secondary N) is 6. The monoisotopic (exact) mass is 1930 g/mol. The van der Waals surface area contributed by atoms with Crippen LogP contribution in [0, 0.1) is 0 Å². The molecule has 0 bridgehead atoms. The van der Waals surface area contributed by atoms with E-state index in [1.54, 1.807) is 72.9 Å². The Balaban J connectivity index is 1.42. The number of carbonyl (C=O) groups is 6. The first kappa shape index (κ1) is 73.4. The van der Waals surface area contributed by atoms with Crippen LogP contribution in [-0.4, -0.2) is 91.9 Å². The summed E-state index contributed by atoms with van der Waals surface area (Å²) in [5.74, 6) is -1.62. The van der Waals surface area contributed by atoms with E-state index < -0.39 is 56.5 Å². The van der Waals surface area contributed by atoms with E-state index in [-0.39, 0.29) is 35.4 Å². The van der Waals surface area contributed by atoms with Crippen LogP contribution in [0.5, 0.6) is 0 Å². The van der Waals surface area contributed by atoms with Crippen LogP contribution >= 0.6 is 51.1 Å². The van der Waals surface area contributed by atoms with Crippen molar-refractivity contribution in [3.05, 3.63) is 313 Å². The Hall–Kier alpha value is -7.01. The second-order valence-electron chi connectivity index (χ2n) is 18.7. The zero-order valence-corrected chi connectivity index (χ0v) is 65.3. The Morgan fingerprint density at radius 1 is 0.247 bits per heavy atom. The van der Waals surface area contributed by atoms with Crippen LogP contribution in [-0.2, 0) is 28.8 Å². The van der Waals surface area contributed by atoms with Crippen molar-refractivity contribution in [1.82, 2.24) is 0 Å². The van der Waals surface area contributed by atoms with Crippen molar-refractivity contribution in [1.29, 1.82) is 0 Å². The number of rotatable bonds is 33. The molecule has 7 rings (SSSR count). The molecule has 12 nitrogen and oxygen atoms in total. The molecule has 0 aliphatic heterocycles. The SMILES string of the molecule is C=CC=CC(=O)Nc1ccc([S][Bi]([S]c2ccc(NC(=O)C=CC=C)cc2)[c]2c[c]([Bi]([S]c3ccc(NC(=O)C=CC=C)cc3)[S]c3ccc(NC(=O)C=CC=C)cc3)c[c]([Bi]([S]c3ccc(NC(=O)C=CC=C)cc3)[S]c3ccc(NC(=O)C=CC=C)cc3)c2)cc1. The molecular weight excluding hydrogens is 1860 g/mol. The summed E-state index contributed by atoms with van der Waals surface area (Å²) >= 11 is -9.85. The number of carbonyl (C=O) groups excluding carboxylic acids is 6. The zero-order valence-electron chi connectivity index (χ0n) is 50.0. The molecule has 21 heteroatoms. The van der Waals surface area contributed by atoms with Crippen LogP contribution in [0.15, 0.2) is 342 Å². The van der Waals surface area contributed by atoms with Crippen molar-refractivity contribution < 1.29 is 28.8 Å². The molecule has 6 N–H and O–H groups in total. The maximum absolute atomic E-state index is 12.8. The minimum absolute atomic E-state index is 0.270. The summed E-state index contributed by atoms with van der Waals surface area (Å²) in [7, 11) is 11.3. The zero-order chi connectivity index (χ0) is 66.2. The molecule has 0 aliphatic rings. The third-order valence-electron chi connectivity index (χ3n) is 11.7. The molecule has 0 aromatic heterocycles. The van der Waals surface area contributed by atoms with Gasteiger partial charge in [-0.3, -0.25) is 0 Å². The summed E-state index contributed by atoms with van der Waals surface area (Å²) in [5.41, 5.74) is 3.90. The third kappa shape index (κ3) is 26.4. The molecule has 0 radical (unpaired) electrons. The van der Waals surface area contributed by atoms with Gasteiger partial charge in [0.1, 0.15) is 0 Å². The van der Waals surface area contributed by atoms with E-state index in [2.05, 4.69) is 162 Å². The van der Waals surface area contributed by atoms with Crippen molar-refractivity contribution in [2.45, 2.75) is 29.4 Å². The molecule has 0 atom stereocenters.